The minimum Gasteiger partial charge on any atom is -0.369 e. The molecule has 1 aliphatic heterocycles. The Labute approximate surface area is 123 Å². The first-order valence-electron chi connectivity index (χ1n) is 6.78. The van der Waals surface area contributed by atoms with Gasteiger partial charge in [-0.15, -0.1) is 0 Å². The summed E-state index contributed by atoms with van der Waals surface area (Å²) < 4.78 is 1.08. The van der Waals surface area contributed by atoms with Gasteiger partial charge < -0.3 is 10.6 Å². The van der Waals surface area contributed by atoms with Crippen molar-refractivity contribution in [2.45, 2.75) is 38.6 Å². The summed E-state index contributed by atoms with van der Waals surface area (Å²) in [5.41, 5.74) is 7.77. The maximum absolute atomic E-state index is 6.18. The van der Waals surface area contributed by atoms with Crippen molar-refractivity contribution in [3.8, 4) is 0 Å². The van der Waals surface area contributed by atoms with E-state index in [4.69, 9.17) is 5.73 Å². The molecule has 0 radical (unpaired) electrons. The van der Waals surface area contributed by atoms with Crippen molar-refractivity contribution in [1.29, 1.82) is 0 Å². The van der Waals surface area contributed by atoms with Gasteiger partial charge in [-0.05, 0) is 52.7 Å². The summed E-state index contributed by atoms with van der Waals surface area (Å²) in [6.45, 7) is 5.51. The second-order valence-corrected chi connectivity index (χ2v) is 7.38. The summed E-state index contributed by atoms with van der Waals surface area (Å²) in [5.74, 6) is 0.657. The van der Waals surface area contributed by atoms with Gasteiger partial charge in [-0.3, -0.25) is 4.99 Å². The van der Waals surface area contributed by atoms with E-state index in [1.54, 1.807) is 0 Å². The number of halogens is 1. The van der Waals surface area contributed by atoms with Crippen LogP contribution in [0.3, 0.4) is 0 Å². The topological polar surface area (TPSA) is 41.6 Å². The van der Waals surface area contributed by atoms with Crippen LogP contribution in [-0.2, 0) is 0 Å². The Hall–Kier alpha value is -1.03. The Kier molecular flexibility index (Phi) is 2.89. The first kappa shape index (κ1) is 13.0. The van der Waals surface area contributed by atoms with Crippen LogP contribution < -0.4 is 10.6 Å². The first-order chi connectivity index (χ1) is 8.94. The van der Waals surface area contributed by atoms with E-state index in [9.17, 15) is 0 Å². The van der Waals surface area contributed by atoms with Gasteiger partial charge in [0.15, 0.2) is 5.96 Å². The summed E-state index contributed by atoms with van der Waals surface area (Å²) in [7, 11) is 0. The quantitative estimate of drug-likeness (QED) is 0.859. The third-order valence-corrected chi connectivity index (χ3v) is 5.08. The van der Waals surface area contributed by atoms with Crippen LogP contribution in [-0.4, -0.2) is 18.0 Å². The highest BCUT2D eigenvalue weighted by atomic mass is 79.9. The molecule has 0 aromatic heterocycles. The summed E-state index contributed by atoms with van der Waals surface area (Å²) in [6.07, 6.45) is 3.54. The molecule has 1 unspecified atom stereocenters. The van der Waals surface area contributed by atoms with Crippen molar-refractivity contribution in [3.05, 3.63) is 28.7 Å². The molecule has 1 heterocycles. The lowest BCUT2D eigenvalue weighted by Gasteiger charge is -2.37. The van der Waals surface area contributed by atoms with E-state index in [1.165, 1.54) is 6.42 Å². The summed E-state index contributed by atoms with van der Waals surface area (Å²) in [5, 5.41) is 0. The first-order valence-corrected chi connectivity index (χ1v) is 7.58. The molecule has 1 atom stereocenters. The molecule has 1 aromatic rings. The van der Waals surface area contributed by atoms with Gasteiger partial charge in [-0.25, -0.2) is 0 Å². The Balaban J connectivity index is 2.03. The van der Waals surface area contributed by atoms with E-state index in [0.717, 1.165) is 29.5 Å². The molecule has 3 nitrogen and oxygen atoms in total. The molecule has 2 N–H and O–H groups in total. The van der Waals surface area contributed by atoms with Gasteiger partial charge in [0.1, 0.15) is 0 Å². The molecule has 0 saturated heterocycles. The average molecular weight is 322 g/mol. The number of rotatable bonds is 1. The summed E-state index contributed by atoms with van der Waals surface area (Å²) in [6, 6.07) is 8.27. The Morgan fingerprint density at radius 3 is 2.63 bits per heavy atom. The third-order valence-electron chi connectivity index (χ3n) is 4.41. The molecule has 2 aliphatic rings. The highest BCUT2D eigenvalue weighted by Gasteiger charge is 2.51. The minimum atomic E-state index is 0.0808. The van der Waals surface area contributed by atoms with Gasteiger partial charge in [-0.1, -0.05) is 26.0 Å². The fourth-order valence-corrected chi connectivity index (χ4v) is 4.05. The SMILES string of the molecule is CC1(C)CCC2(CN=C(N)N2c2ccccc2Br)C1. The lowest BCUT2D eigenvalue weighted by atomic mass is 9.87. The van der Waals surface area contributed by atoms with Crippen LogP contribution in [0.1, 0.15) is 33.1 Å². The molecule has 1 spiro atoms. The monoisotopic (exact) mass is 321 g/mol. The van der Waals surface area contributed by atoms with Gasteiger partial charge in [0.05, 0.1) is 17.8 Å². The average Bonchev–Trinajstić information content (AvgIpc) is 2.82. The second kappa shape index (κ2) is 4.23. The Morgan fingerprint density at radius 1 is 1.26 bits per heavy atom. The smallest absolute Gasteiger partial charge is 0.196 e. The number of para-hydroxylation sites is 1. The number of guanidine groups is 1. The van der Waals surface area contributed by atoms with Gasteiger partial charge >= 0.3 is 0 Å². The van der Waals surface area contributed by atoms with Crippen molar-refractivity contribution < 1.29 is 0 Å². The second-order valence-electron chi connectivity index (χ2n) is 6.53. The van der Waals surface area contributed by atoms with Crippen LogP contribution in [0, 0.1) is 5.41 Å². The van der Waals surface area contributed by atoms with Crippen LogP contribution in [0.4, 0.5) is 5.69 Å². The normalized spacial score (nSPS) is 29.0. The Bertz CT molecular complexity index is 538. The number of benzene rings is 1. The molecular weight excluding hydrogens is 302 g/mol. The molecule has 102 valence electrons. The van der Waals surface area contributed by atoms with E-state index in [0.29, 0.717) is 11.4 Å². The van der Waals surface area contributed by atoms with E-state index < -0.39 is 0 Å². The highest BCUT2D eigenvalue weighted by Crippen LogP contribution is 2.50. The number of anilines is 1. The van der Waals surface area contributed by atoms with Crippen LogP contribution >= 0.6 is 15.9 Å². The summed E-state index contributed by atoms with van der Waals surface area (Å²) in [4.78, 5) is 6.79. The number of nitrogens with two attached hydrogens (primary N) is 1. The molecule has 19 heavy (non-hydrogen) atoms. The van der Waals surface area contributed by atoms with Crippen molar-refractivity contribution in [1.82, 2.24) is 0 Å². The highest BCUT2D eigenvalue weighted by molar-refractivity contribution is 9.10. The predicted molar refractivity (Wildman–Crippen MR) is 83.5 cm³/mol. The number of aliphatic imine (C=N–C) groups is 1. The fourth-order valence-electron chi connectivity index (χ4n) is 3.59. The minimum absolute atomic E-state index is 0.0808. The molecule has 4 heteroatoms. The van der Waals surface area contributed by atoms with E-state index in [2.05, 4.69) is 57.9 Å². The van der Waals surface area contributed by atoms with Crippen molar-refractivity contribution >= 4 is 27.6 Å². The van der Waals surface area contributed by atoms with Crippen molar-refractivity contribution in [2.24, 2.45) is 16.1 Å². The predicted octanol–water partition coefficient (Wildman–Crippen LogP) is 3.53. The molecule has 1 saturated carbocycles. The van der Waals surface area contributed by atoms with Gasteiger partial charge in [0.2, 0.25) is 0 Å². The van der Waals surface area contributed by atoms with E-state index in [-0.39, 0.29) is 5.54 Å². The van der Waals surface area contributed by atoms with Crippen molar-refractivity contribution in [2.75, 3.05) is 11.4 Å². The molecule has 0 bridgehead atoms. The maximum atomic E-state index is 6.18. The molecule has 1 fully saturated rings. The fraction of sp³-hybridized carbons (Fsp3) is 0.533. The zero-order valence-corrected chi connectivity index (χ0v) is 13.1. The maximum Gasteiger partial charge on any atom is 0.196 e. The number of nitrogens with zero attached hydrogens (tertiary/aromatic N) is 2. The molecule has 3 rings (SSSR count). The van der Waals surface area contributed by atoms with Gasteiger partial charge in [0, 0.05) is 4.47 Å². The van der Waals surface area contributed by atoms with Crippen LogP contribution in [0.5, 0.6) is 0 Å². The van der Waals surface area contributed by atoms with Gasteiger partial charge in [-0.2, -0.15) is 0 Å². The molecule has 1 aromatic carbocycles. The number of hydrogen-bond donors (Lipinski definition) is 1. The van der Waals surface area contributed by atoms with Crippen LogP contribution in [0.15, 0.2) is 33.7 Å². The molecule has 0 amide bonds. The van der Waals surface area contributed by atoms with Crippen LogP contribution in [0.25, 0.3) is 0 Å². The number of hydrogen-bond acceptors (Lipinski definition) is 3. The molecular formula is C15H20BrN3. The zero-order valence-electron chi connectivity index (χ0n) is 11.5. The van der Waals surface area contributed by atoms with Crippen molar-refractivity contribution in [3.63, 3.8) is 0 Å². The van der Waals surface area contributed by atoms with E-state index >= 15 is 0 Å². The lowest BCUT2D eigenvalue weighted by Crippen LogP contribution is -2.51. The zero-order chi connectivity index (χ0) is 13.7. The summed E-state index contributed by atoms with van der Waals surface area (Å²) >= 11 is 3.64. The van der Waals surface area contributed by atoms with Gasteiger partial charge in [0.25, 0.3) is 0 Å². The van der Waals surface area contributed by atoms with Crippen LogP contribution in [0.2, 0.25) is 0 Å². The third kappa shape index (κ3) is 2.06. The lowest BCUT2D eigenvalue weighted by molar-refractivity contribution is 0.346. The molecule has 1 aliphatic carbocycles. The largest absolute Gasteiger partial charge is 0.369 e. The standard InChI is InChI=1S/C15H20BrN3/c1-14(2)7-8-15(9-14)10-18-13(17)19(15)12-6-4-3-5-11(12)16/h3-6H,7-10H2,1-2H3,(H2,17,18). The van der Waals surface area contributed by atoms with E-state index in [1.807, 2.05) is 6.07 Å². The Morgan fingerprint density at radius 2 is 2.00 bits per heavy atom.